The average molecular weight is 467 g/mol. The number of ketones is 1. The number of nitrogens with one attached hydrogen (secondary N) is 1. The topological polar surface area (TPSA) is 66.5 Å². The van der Waals surface area contributed by atoms with Crippen LogP contribution in [0.1, 0.15) is 58.8 Å². The van der Waals surface area contributed by atoms with Gasteiger partial charge in [-0.2, -0.15) is 0 Å². The van der Waals surface area contributed by atoms with Crippen LogP contribution >= 0.6 is 22.7 Å². The summed E-state index contributed by atoms with van der Waals surface area (Å²) < 4.78 is 0. The van der Waals surface area contributed by atoms with Crippen molar-refractivity contribution < 1.29 is 14.4 Å². The molecule has 32 heavy (non-hydrogen) atoms. The van der Waals surface area contributed by atoms with Gasteiger partial charge in [0.15, 0.2) is 5.78 Å². The third-order valence-corrected chi connectivity index (χ3v) is 7.53. The number of hydrogen-bond donors (Lipinski definition) is 1. The first kappa shape index (κ1) is 22.4. The van der Waals surface area contributed by atoms with Gasteiger partial charge in [-0.25, -0.2) is 0 Å². The average Bonchev–Trinajstić information content (AvgIpc) is 3.55. The van der Waals surface area contributed by atoms with Crippen molar-refractivity contribution in [2.24, 2.45) is 0 Å². The molecule has 166 valence electrons. The van der Waals surface area contributed by atoms with Gasteiger partial charge in [-0.15, -0.1) is 22.7 Å². The van der Waals surface area contributed by atoms with Crippen LogP contribution in [0, 0.1) is 0 Å². The lowest BCUT2D eigenvalue weighted by Gasteiger charge is -2.31. The zero-order valence-corrected chi connectivity index (χ0v) is 19.6. The second kappa shape index (κ2) is 10.2. The summed E-state index contributed by atoms with van der Waals surface area (Å²) in [6.07, 6.45) is 4.34. The van der Waals surface area contributed by atoms with Crippen molar-refractivity contribution in [1.29, 1.82) is 0 Å². The summed E-state index contributed by atoms with van der Waals surface area (Å²) >= 11 is 2.97. The highest BCUT2D eigenvalue weighted by Gasteiger charge is 2.35. The molecule has 1 N–H and O–H groups in total. The minimum atomic E-state index is -0.787. The van der Waals surface area contributed by atoms with Gasteiger partial charge in [0, 0.05) is 27.0 Å². The number of benzene rings is 1. The van der Waals surface area contributed by atoms with Gasteiger partial charge in [0.25, 0.3) is 0 Å². The molecule has 0 spiro atoms. The van der Waals surface area contributed by atoms with Gasteiger partial charge < -0.3 is 5.32 Å². The molecule has 0 bridgehead atoms. The van der Waals surface area contributed by atoms with Crippen molar-refractivity contribution in [2.45, 2.75) is 51.1 Å². The van der Waals surface area contributed by atoms with Gasteiger partial charge in [-0.3, -0.25) is 19.3 Å². The van der Waals surface area contributed by atoms with E-state index in [1.54, 1.807) is 29.2 Å². The fourth-order valence-corrected chi connectivity index (χ4v) is 5.64. The monoisotopic (exact) mass is 466 g/mol. The van der Waals surface area contributed by atoms with Gasteiger partial charge in [0.2, 0.25) is 11.8 Å². The van der Waals surface area contributed by atoms with Crippen molar-refractivity contribution in [3.8, 4) is 0 Å². The maximum atomic E-state index is 13.6. The van der Waals surface area contributed by atoms with E-state index in [2.05, 4.69) is 5.32 Å². The van der Waals surface area contributed by atoms with E-state index in [9.17, 15) is 14.4 Å². The van der Waals surface area contributed by atoms with E-state index in [1.165, 1.54) is 29.6 Å². The first-order valence-electron chi connectivity index (χ1n) is 10.8. The number of thiophene rings is 2. The van der Waals surface area contributed by atoms with E-state index in [1.807, 2.05) is 35.0 Å². The molecule has 0 saturated heterocycles. The van der Waals surface area contributed by atoms with Crippen LogP contribution in [0.2, 0.25) is 0 Å². The molecule has 1 aromatic carbocycles. The lowest BCUT2D eigenvalue weighted by molar-refractivity contribution is -0.126. The van der Waals surface area contributed by atoms with Gasteiger partial charge in [0.05, 0.1) is 6.42 Å². The molecule has 2 heterocycles. The summed E-state index contributed by atoms with van der Waals surface area (Å²) in [5.41, 5.74) is 1.07. The highest BCUT2D eigenvalue weighted by Crippen LogP contribution is 2.33. The van der Waals surface area contributed by atoms with Crippen LogP contribution in [0.3, 0.4) is 0 Å². The molecule has 3 aromatic rings. The smallest absolute Gasteiger partial charge is 0.248 e. The number of hydrogen-bond acceptors (Lipinski definition) is 5. The van der Waals surface area contributed by atoms with Crippen LogP contribution in [-0.2, 0) is 16.0 Å². The Bertz CT molecular complexity index is 1070. The molecule has 1 fully saturated rings. The lowest BCUT2D eigenvalue weighted by atomic mass is 10.1. The van der Waals surface area contributed by atoms with Gasteiger partial charge >= 0.3 is 0 Å². The first-order chi connectivity index (χ1) is 15.5. The number of anilines is 1. The molecule has 7 heteroatoms. The Hall–Kier alpha value is -2.77. The van der Waals surface area contributed by atoms with E-state index < -0.39 is 6.04 Å². The number of amides is 2. The van der Waals surface area contributed by atoms with Crippen LogP contribution in [0.15, 0.2) is 59.3 Å². The highest BCUT2D eigenvalue weighted by molar-refractivity contribution is 7.10. The number of rotatable bonds is 8. The molecule has 2 amide bonds. The molecule has 1 saturated carbocycles. The second-order valence-electron chi connectivity index (χ2n) is 8.03. The van der Waals surface area contributed by atoms with Crippen LogP contribution in [0.4, 0.5) is 5.69 Å². The van der Waals surface area contributed by atoms with Crippen LogP contribution in [-0.4, -0.2) is 23.6 Å². The van der Waals surface area contributed by atoms with E-state index in [-0.39, 0.29) is 30.1 Å². The number of carbonyl (C=O) groups is 3. The van der Waals surface area contributed by atoms with Crippen molar-refractivity contribution in [1.82, 2.24) is 5.32 Å². The van der Waals surface area contributed by atoms with E-state index in [0.29, 0.717) is 11.3 Å². The molecule has 1 aliphatic carbocycles. The summed E-state index contributed by atoms with van der Waals surface area (Å²) in [6, 6.07) is 14.0. The zero-order valence-electron chi connectivity index (χ0n) is 18.0. The Morgan fingerprint density at radius 3 is 2.44 bits per heavy atom. The third kappa shape index (κ3) is 5.16. The third-order valence-electron chi connectivity index (χ3n) is 5.73. The first-order valence-corrected chi connectivity index (χ1v) is 12.6. The quantitative estimate of drug-likeness (QED) is 0.453. The molecule has 1 atom stereocenters. The predicted molar refractivity (Wildman–Crippen MR) is 129 cm³/mol. The van der Waals surface area contributed by atoms with E-state index in [4.69, 9.17) is 0 Å². The second-order valence-corrected chi connectivity index (χ2v) is 10.0. The van der Waals surface area contributed by atoms with Crippen LogP contribution in [0.5, 0.6) is 0 Å². The molecular formula is C25H26N2O3S2. The minimum absolute atomic E-state index is 0.0828. The maximum Gasteiger partial charge on any atom is 0.248 e. The Labute approximate surface area is 196 Å². The molecule has 0 radical (unpaired) electrons. The van der Waals surface area contributed by atoms with Crippen molar-refractivity contribution >= 4 is 46.0 Å². The molecule has 4 rings (SSSR count). The lowest BCUT2D eigenvalue weighted by Crippen LogP contribution is -2.46. The Morgan fingerprint density at radius 1 is 1.03 bits per heavy atom. The largest absolute Gasteiger partial charge is 0.351 e. The van der Waals surface area contributed by atoms with Crippen LogP contribution < -0.4 is 10.2 Å². The standard InChI is InChI=1S/C25H26N2O3S2/c1-17(28)18-7-4-10-20(15-18)27(23(29)16-21-11-5-13-31-21)24(22-12-6-14-32-22)25(30)26-19-8-2-3-9-19/h4-7,10-15,19,24H,2-3,8-9,16H2,1H3,(H,26,30)/t24-/m0/s1. The number of nitrogens with zero attached hydrogens (tertiary/aromatic N) is 1. The molecule has 0 unspecified atom stereocenters. The summed E-state index contributed by atoms with van der Waals surface area (Å²) in [5, 5.41) is 7.03. The Morgan fingerprint density at radius 2 is 1.78 bits per heavy atom. The van der Waals surface area contributed by atoms with E-state index in [0.717, 1.165) is 35.4 Å². The minimum Gasteiger partial charge on any atom is -0.351 e. The van der Waals surface area contributed by atoms with Crippen LogP contribution in [0.25, 0.3) is 0 Å². The molecule has 5 nitrogen and oxygen atoms in total. The summed E-state index contributed by atoms with van der Waals surface area (Å²) in [4.78, 5) is 42.6. The molecule has 2 aromatic heterocycles. The number of Topliss-reactive ketones (excluding diaryl/α,β-unsaturated/α-hetero) is 1. The fraction of sp³-hybridized carbons (Fsp3) is 0.320. The Kier molecular flexibility index (Phi) is 7.17. The molecule has 1 aliphatic rings. The molecule has 0 aliphatic heterocycles. The van der Waals surface area contributed by atoms with Gasteiger partial charge in [-0.1, -0.05) is 37.1 Å². The Balaban J connectivity index is 1.75. The normalized spacial score (nSPS) is 14.8. The molecular weight excluding hydrogens is 440 g/mol. The zero-order chi connectivity index (χ0) is 22.5. The predicted octanol–water partition coefficient (Wildman–Crippen LogP) is 5.39. The van der Waals surface area contributed by atoms with E-state index >= 15 is 0 Å². The summed E-state index contributed by atoms with van der Waals surface area (Å²) in [7, 11) is 0. The van der Waals surface area contributed by atoms with Crippen molar-refractivity contribution in [2.75, 3.05) is 4.90 Å². The fourth-order valence-electron chi connectivity index (χ4n) is 4.13. The van der Waals surface area contributed by atoms with Gasteiger partial charge in [0.1, 0.15) is 6.04 Å². The van der Waals surface area contributed by atoms with Crippen molar-refractivity contribution in [3.63, 3.8) is 0 Å². The summed E-state index contributed by atoms with van der Waals surface area (Å²) in [6.45, 7) is 1.50. The number of carbonyl (C=O) groups excluding carboxylic acids is 3. The van der Waals surface area contributed by atoms with Crippen molar-refractivity contribution in [3.05, 3.63) is 74.6 Å². The SMILES string of the molecule is CC(=O)c1cccc(N(C(=O)Cc2cccs2)[C@H](C(=O)NC2CCCC2)c2cccs2)c1. The van der Waals surface area contributed by atoms with Gasteiger partial charge in [-0.05, 0) is 54.8 Å². The summed E-state index contributed by atoms with van der Waals surface area (Å²) in [5.74, 6) is -0.430. The highest BCUT2D eigenvalue weighted by atomic mass is 32.1. The maximum absolute atomic E-state index is 13.6.